The van der Waals surface area contributed by atoms with Crippen molar-refractivity contribution in [1.29, 1.82) is 0 Å². The SMILES string of the molecule is C=C(C)C(=O)OC(C)COC(=O)c1ccc(S(=O)(=O)N2C(=O)CCC2=O)cc1. The first kappa shape index (κ1) is 21.3. The van der Waals surface area contributed by atoms with Gasteiger partial charge in [-0.15, -0.1) is 0 Å². The first-order valence-electron chi connectivity index (χ1n) is 8.28. The number of nitrogens with zero attached hydrogens (tertiary/aromatic N) is 1. The number of hydrogen-bond donors (Lipinski definition) is 0. The van der Waals surface area contributed by atoms with Gasteiger partial charge in [-0.05, 0) is 38.1 Å². The van der Waals surface area contributed by atoms with Crippen LogP contribution in [0.4, 0.5) is 0 Å². The predicted octanol–water partition coefficient (Wildman–Crippen LogP) is 1.19. The van der Waals surface area contributed by atoms with Gasteiger partial charge in [0.25, 0.3) is 10.0 Å². The molecule has 150 valence electrons. The average Bonchev–Trinajstić information content (AvgIpc) is 2.98. The van der Waals surface area contributed by atoms with Crippen molar-refractivity contribution < 1.29 is 37.1 Å². The quantitative estimate of drug-likeness (QED) is 0.374. The minimum atomic E-state index is -4.31. The van der Waals surface area contributed by atoms with Crippen LogP contribution in [0.25, 0.3) is 0 Å². The molecule has 0 bridgehead atoms. The number of imide groups is 1. The van der Waals surface area contributed by atoms with Gasteiger partial charge in [0.1, 0.15) is 12.7 Å². The number of amides is 2. The van der Waals surface area contributed by atoms with Crippen LogP contribution in [0, 0.1) is 0 Å². The fourth-order valence-corrected chi connectivity index (χ4v) is 3.70. The van der Waals surface area contributed by atoms with Gasteiger partial charge in [-0.25, -0.2) is 18.0 Å². The lowest BCUT2D eigenvalue weighted by atomic mass is 10.2. The van der Waals surface area contributed by atoms with Gasteiger partial charge in [-0.1, -0.05) is 6.58 Å². The largest absolute Gasteiger partial charge is 0.458 e. The average molecular weight is 409 g/mol. The van der Waals surface area contributed by atoms with E-state index >= 15 is 0 Å². The van der Waals surface area contributed by atoms with Gasteiger partial charge >= 0.3 is 11.9 Å². The molecule has 1 atom stereocenters. The molecular formula is C18H19NO8S. The van der Waals surface area contributed by atoms with Crippen LogP contribution in [-0.4, -0.2) is 49.2 Å². The Labute approximate surface area is 162 Å². The monoisotopic (exact) mass is 409 g/mol. The molecule has 1 saturated heterocycles. The highest BCUT2D eigenvalue weighted by molar-refractivity contribution is 7.90. The van der Waals surface area contributed by atoms with Gasteiger partial charge in [0.05, 0.1) is 10.5 Å². The van der Waals surface area contributed by atoms with Crippen molar-refractivity contribution in [2.45, 2.75) is 37.7 Å². The van der Waals surface area contributed by atoms with Crippen molar-refractivity contribution in [3.63, 3.8) is 0 Å². The molecule has 0 N–H and O–H groups in total. The highest BCUT2D eigenvalue weighted by Gasteiger charge is 2.39. The van der Waals surface area contributed by atoms with E-state index in [9.17, 15) is 27.6 Å². The van der Waals surface area contributed by atoms with E-state index in [1.807, 2.05) is 0 Å². The zero-order chi connectivity index (χ0) is 21.1. The molecule has 9 nitrogen and oxygen atoms in total. The summed E-state index contributed by atoms with van der Waals surface area (Å²) in [4.78, 5) is 46.4. The fourth-order valence-electron chi connectivity index (χ4n) is 2.29. The summed E-state index contributed by atoms with van der Waals surface area (Å²) >= 11 is 0. The van der Waals surface area contributed by atoms with Crippen molar-refractivity contribution in [2.24, 2.45) is 0 Å². The van der Waals surface area contributed by atoms with Crippen LogP contribution in [0.5, 0.6) is 0 Å². The number of benzene rings is 1. The number of ether oxygens (including phenoxy) is 2. The summed E-state index contributed by atoms with van der Waals surface area (Å²) in [5, 5.41) is 0. The second-order valence-corrected chi connectivity index (χ2v) is 7.96. The number of sulfonamides is 1. The Kier molecular flexibility index (Phi) is 6.34. The maximum atomic E-state index is 12.4. The fraction of sp³-hybridized carbons (Fsp3) is 0.333. The number of carbonyl (C=O) groups excluding carboxylic acids is 4. The highest BCUT2D eigenvalue weighted by atomic mass is 32.2. The third-order valence-corrected chi connectivity index (χ3v) is 5.50. The molecule has 10 heteroatoms. The van der Waals surface area contributed by atoms with Gasteiger partial charge in [-0.3, -0.25) is 9.59 Å². The second kappa shape index (κ2) is 8.34. The molecular weight excluding hydrogens is 390 g/mol. The Morgan fingerprint density at radius 3 is 2.18 bits per heavy atom. The van der Waals surface area contributed by atoms with E-state index < -0.39 is 39.9 Å². The Morgan fingerprint density at radius 1 is 1.14 bits per heavy atom. The highest BCUT2D eigenvalue weighted by Crippen LogP contribution is 2.23. The van der Waals surface area contributed by atoms with E-state index in [0.717, 1.165) is 12.1 Å². The normalized spacial score (nSPS) is 15.3. The summed E-state index contributed by atoms with van der Waals surface area (Å²) in [7, 11) is -4.31. The van der Waals surface area contributed by atoms with Crippen LogP contribution in [-0.2, 0) is 33.9 Å². The van der Waals surface area contributed by atoms with Crippen LogP contribution in [0.2, 0.25) is 0 Å². The van der Waals surface area contributed by atoms with Gasteiger partial charge in [0.15, 0.2) is 0 Å². The summed E-state index contributed by atoms with van der Waals surface area (Å²) in [6.45, 7) is 6.26. The first-order valence-corrected chi connectivity index (χ1v) is 9.72. The zero-order valence-electron chi connectivity index (χ0n) is 15.3. The van der Waals surface area contributed by atoms with Crippen molar-refractivity contribution in [3.05, 3.63) is 42.0 Å². The Hall–Kier alpha value is -3.01. The van der Waals surface area contributed by atoms with Crippen molar-refractivity contribution in [2.75, 3.05) is 6.61 Å². The maximum Gasteiger partial charge on any atom is 0.338 e. The summed E-state index contributed by atoms with van der Waals surface area (Å²) in [5.41, 5.74) is 0.265. The van der Waals surface area contributed by atoms with E-state index in [4.69, 9.17) is 9.47 Å². The van der Waals surface area contributed by atoms with Crippen molar-refractivity contribution in [3.8, 4) is 0 Å². The lowest BCUT2D eigenvalue weighted by Gasteiger charge is -2.15. The number of hydrogen-bond acceptors (Lipinski definition) is 8. The number of esters is 2. The lowest BCUT2D eigenvalue weighted by molar-refractivity contribution is -0.145. The molecule has 1 heterocycles. The van der Waals surface area contributed by atoms with Gasteiger partial charge < -0.3 is 9.47 Å². The van der Waals surface area contributed by atoms with Crippen LogP contribution < -0.4 is 0 Å². The standard InChI is InChI=1S/C18H19NO8S/c1-11(2)17(22)27-12(3)10-26-18(23)13-4-6-14(7-5-13)28(24,25)19-15(20)8-9-16(19)21/h4-7,12H,1,8-10H2,2-3H3. The molecule has 1 unspecified atom stereocenters. The molecule has 28 heavy (non-hydrogen) atoms. The summed E-state index contributed by atoms with van der Waals surface area (Å²) in [6.07, 6.45) is -1.01. The third kappa shape index (κ3) is 4.63. The molecule has 0 aromatic heterocycles. The summed E-state index contributed by atoms with van der Waals surface area (Å²) < 4.78 is 35.1. The van der Waals surface area contributed by atoms with Gasteiger partial charge in [0.2, 0.25) is 11.8 Å². The molecule has 2 rings (SSSR count). The van der Waals surface area contributed by atoms with E-state index in [1.54, 1.807) is 0 Å². The summed E-state index contributed by atoms with van der Waals surface area (Å²) in [5.74, 6) is -2.93. The molecule has 1 aliphatic heterocycles. The van der Waals surface area contributed by atoms with E-state index in [2.05, 4.69) is 6.58 Å². The topological polar surface area (TPSA) is 124 Å². The smallest absolute Gasteiger partial charge is 0.338 e. The molecule has 0 aliphatic carbocycles. The molecule has 2 amide bonds. The predicted molar refractivity (Wildman–Crippen MR) is 95.4 cm³/mol. The molecule has 1 fully saturated rings. The van der Waals surface area contributed by atoms with Gasteiger partial charge in [0, 0.05) is 18.4 Å². The Balaban J connectivity index is 2.03. The molecule has 1 aromatic rings. The lowest BCUT2D eigenvalue weighted by Crippen LogP contribution is -2.35. The van der Waals surface area contributed by atoms with Gasteiger partial charge in [-0.2, -0.15) is 4.31 Å². The van der Waals surface area contributed by atoms with Crippen LogP contribution in [0.3, 0.4) is 0 Å². The van der Waals surface area contributed by atoms with Crippen molar-refractivity contribution in [1.82, 2.24) is 4.31 Å². The molecule has 0 radical (unpaired) electrons. The Morgan fingerprint density at radius 2 is 1.68 bits per heavy atom. The van der Waals surface area contributed by atoms with Crippen LogP contribution in [0.1, 0.15) is 37.0 Å². The minimum absolute atomic E-state index is 0.0523. The zero-order valence-corrected chi connectivity index (χ0v) is 16.2. The molecule has 1 aromatic carbocycles. The number of carbonyl (C=O) groups is 4. The minimum Gasteiger partial charge on any atom is -0.458 e. The van der Waals surface area contributed by atoms with E-state index in [-0.39, 0.29) is 39.8 Å². The van der Waals surface area contributed by atoms with E-state index in [0.29, 0.717) is 0 Å². The third-order valence-electron chi connectivity index (χ3n) is 3.74. The molecule has 1 aliphatic rings. The van der Waals surface area contributed by atoms with Crippen LogP contribution >= 0.6 is 0 Å². The molecule has 0 spiro atoms. The Bertz CT molecular complexity index is 917. The van der Waals surface area contributed by atoms with Crippen molar-refractivity contribution >= 4 is 33.8 Å². The molecule has 0 saturated carbocycles. The second-order valence-electron chi connectivity index (χ2n) is 6.18. The summed E-state index contributed by atoms with van der Waals surface area (Å²) in [6, 6.07) is 4.61. The maximum absolute atomic E-state index is 12.4. The van der Waals surface area contributed by atoms with E-state index in [1.165, 1.54) is 26.0 Å². The van der Waals surface area contributed by atoms with Crippen LogP contribution in [0.15, 0.2) is 41.3 Å². The first-order chi connectivity index (χ1) is 13.0. The number of rotatable bonds is 7.